The highest BCUT2D eigenvalue weighted by Crippen LogP contribution is 2.36. The smallest absolute Gasteiger partial charge is 0.410 e. The normalized spacial score (nSPS) is 15.2. The van der Waals surface area contributed by atoms with E-state index in [1.807, 2.05) is 104 Å². The van der Waals surface area contributed by atoms with Crippen LogP contribution in [0.4, 0.5) is 10.5 Å². The molecule has 52 heavy (non-hydrogen) atoms. The lowest BCUT2D eigenvalue weighted by molar-refractivity contribution is 0.0606. The number of anilines is 1. The number of aromatic nitrogens is 1. The van der Waals surface area contributed by atoms with E-state index in [9.17, 15) is 9.59 Å². The summed E-state index contributed by atoms with van der Waals surface area (Å²) in [5.41, 5.74) is 8.70. The SMILES string of the molecule is Cc1c(C(=O)N(C)c2ccccc2)cc(-c2cc3c(cc2C(=O)N2Cc4ccccc4C[C@H]2CN(C)C)CN(C(=O)Oc2ccccc2)CC3)n1C. The number of fused-ring (bicyclic) bond motifs is 2. The van der Waals surface area contributed by atoms with E-state index >= 15 is 4.79 Å². The number of amides is 3. The highest BCUT2D eigenvalue weighted by atomic mass is 16.6. The topological polar surface area (TPSA) is 78.3 Å². The summed E-state index contributed by atoms with van der Waals surface area (Å²) in [5, 5.41) is 0. The fraction of sp³-hybridized carbons (Fsp3) is 0.279. The van der Waals surface area contributed by atoms with Gasteiger partial charge in [0.1, 0.15) is 5.75 Å². The lowest BCUT2D eigenvalue weighted by Crippen LogP contribution is -2.49. The average Bonchev–Trinajstić information content (AvgIpc) is 3.46. The van der Waals surface area contributed by atoms with Crippen molar-refractivity contribution in [1.29, 1.82) is 0 Å². The summed E-state index contributed by atoms with van der Waals surface area (Å²) in [5.74, 6) is 0.295. The summed E-state index contributed by atoms with van der Waals surface area (Å²) in [6, 6.07) is 33.0. The average molecular weight is 696 g/mol. The van der Waals surface area contributed by atoms with Gasteiger partial charge >= 0.3 is 6.09 Å². The molecule has 1 atom stereocenters. The fourth-order valence-electron chi connectivity index (χ4n) is 7.50. The quantitative estimate of drug-likeness (QED) is 0.184. The number of benzene rings is 4. The molecule has 4 aromatic carbocycles. The van der Waals surface area contributed by atoms with Crippen LogP contribution in [-0.2, 0) is 33.0 Å². The highest BCUT2D eigenvalue weighted by Gasteiger charge is 2.34. The van der Waals surface area contributed by atoms with Gasteiger partial charge in [-0.3, -0.25) is 9.59 Å². The zero-order valence-corrected chi connectivity index (χ0v) is 30.5. The fourth-order valence-corrected chi connectivity index (χ4v) is 7.50. The van der Waals surface area contributed by atoms with Gasteiger partial charge in [-0.15, -0.1) is 0 Å². The molecule has 1 aromatic heterocycles. The third kappa shape index (κ3) is 6.84. The highest BCUT2D eigenvalue weighted by molar-refractivity contribution is 6.08. The Balaban J connectivity index is 1.30. The van der Waals surface area contributed by atoms with E-state index in [2.05, 4.69) is 29.2 Å². The number of nitrogens with zero attached hydrogens (tertiary/aromatic N) is 5. The molecule has 0 aliphatic carbocycles. The first-order chi connectivity index (χ1) is 25.1. The van der Waals surface area contributed by atoms with E-state index in [4.69, 9.17) is 4.74 Å². The minimum absolute atomic E-state index is 0.0366. The predicted molar refractivity (Wildman–Crippen MR) is 204 cm³/mol. The molecule has 266 valence electrons. The number of carbonyl (C=O) groups excluding carboxylic acids is 3. The van der Waals surface area contributed by atoms with Gasteiger partial charge in [0, 0.05) is 74.5 Å². The van der Waals surface area contributed by atoms with Gasteiger partial charge in [0.2, 0.25) is 0 Å². The van der Waals surface area contributed by atoms with Crippen LogP contribution in [0, 0.1) is 6.92 Å². The third-order valence-electron chi connectivity index (χ3n) is 10.5. The predicted octanol–water partition coefficient (Wildman–Crippen LogP) is 6.96. The Bertz CT molecular complexity index is 2120. The Morgan fingerprint density at radius 1 is 0.769 bits per heavy atom. The largest absolute Gasteiger partial charge is 0.415 e. The van der Waals surface area contributed by atoms with Gasteiger partial charge in [0.25, 0.3) is 11.8 Å². The molecule has 0 N–H and O–H groups in total. The summed E-state index contributed by atoms with van der Waals surface area (Å²) >= 11 is 0. The van der Waals surface area contributed by atoms with Gasteiger partial charge in [-0.25, -0.2) is 4.79 Å². The van der Waals surface area contributed by atoms with Crippen molar-refractivity contribution >= 4 is 23.6 Å². The van der Waals surface area contributed by atoms with Gasteiger partial charge in [-0.1, -0.05) is 60.7 Å². The number of rotatable bonds is 7. The Kier molecular flexibility index (Phi) is 9.71. The van der Waals surface area contributed by atoms with E-state index in [0.717, 1.165) is 45.7 Å². The van der Waals surface area contributed by atoms with Crippen LogP contribution in [-0.4, -0.2) is 77.4 Å². The van der Waals surface area contributed by atoms with E-state index < -0.39 is 6.09 Å². The number of hydrogen-bond acceptors (Lipinski definition) is 5. The summed E-state index contributed by atoms with van der Waals surface area (Å²) < 4.78 is 7.71. The van der Waals surface area contributed by atoms with E-state index in [0.29, 0.717) is 49.5 Å². The molecule has 5 aromatic rings. The molecule has 7 rings (SSSR count). The molecule has 3 heterocycles. The van der Waals surface area contributed by atoms with E-state index in [1.165, 1.54) is 5.56 Å². The molecule has 2 aliphatic rings. The van der Waals surface area contributed by atoms with Gasteiger partial charge < -0.3 is 28.9 Å². The molecule has 0 saturated heterocycles. The van der Waals surface area contributed by atoms with Gasteiger partial charge in [0.05, 0.1) is 5.56 Å². The van der Waals surface area contributed by atoms with Crippen molar-refractivity contribution in [2.24, 2.45) is 7.05 Å². The Morgan fingerprint density at radius 3 is 2.15 bits per heavy atom. The minimum Gasteiger partial charge on any atom is -0.410 e. The van der Waals surface area contributed by atoms with Crippen molar-refractivity contribution in [3.8, 4) is 17.0 Å². The van der Waals surface area contributed by atoms with Crippen LogP contribution in [0.25, 0.3) is 11.3 Å². The molecular weight excluding hydrogens is 651 g/mol. The molecule has 0 fully saturated rings. The van der Waals surface area contributed by atoms with Crippen LogP contribution in [0.3, 0.4) is 0 Å². The van der Waals surface area contributed by atoms with Crippen molar-refractivity contribution in [2.75, 3.05) is 39.1 Å². The van der Waals surface area contributed by atoms with Crippen LogP contribution < -0.4 is 9.64 Å². The first-order valence-electron chi connectivity index (χ1n) is 17.8. The first kappa shape index (κ1) is 34.8. The van der Waals surface area contributed by atoms with Crippen molar-refractivity contribution in [2.45, 2.75) is 38.9 Å². The molecule has 9 nitrogen and oxygen atoms in total. The number of ether oxygens (including phenoxy) is 1. The summed E-state index contributed by atoms with van der Waals surface area (Å²) in [4.78, 5) is 49.8. The zero-order chi connectivity index (χ0) is 36.5. The van der Waals surface area contributed by atoms with Gasteiger partial charge in [-0.05, 0) is 98.6 Å². The second-order valence-corrected chi connectivity index (χ2v) is 14.1. The molecule has 3 amide bonds. The third-order valence-corrected chi connectivity index (χ3v) is 10.5. The van der Waals surface area contributed by atoms with Crippen LogP contribution in [0.5, 0.6) is 5.75 Å². The van der Waals surface area contributed by atoms with Crippen molar-refractivity contribution in [3.05, 3.63) is 142 Å². The van der Waals surface area contributed by atoms with Crippen LogP contribution in [0.15, 0.2) is 103 Å². The molecule has 0 saturated carbocycles. The number of para-hydroxylation sites is 2. The monoisotopic (exact) mass is 695 g/mol. The molecule has 0 radical (unpaired) electrons. The Morgan fingerprint density at radius 2 is 1.44 bits per heavy atom. The second kappa shape index (κ2) is 14.5. The van der Waals surface area contributed by atoms with Gasteiger partial charge in [0.15, 0.2) is 0 Å². The molecular formula is C43H45N5O4. The van der Waals surface area contributed by atoms with Gasteiger partial charge in [-0.2, -0.15) is 0 Å². The maximum absolute atomic E-state index is 15.1. The summed E-state index contributed by atoms with van der Waals surface area (Å²) in [6.07, 6.45) is 0.941. The molecule has 9 heteroatoms. The lowest BCUT2D eigenvalue weighted by atomic mass is 9.89. The number of hydrogen-bond donors (Lipinski definition) is 0. The molecule has 0 bridgehead atoms. The maximum Gasteiger partial charge on any atom is 0.415 e. The van der Waals surface area contributed by atoms with Crippen molar-refractivity contribution in [1.82, 2.24) is 19.3 Å². The second-order valence-electron chi connectivity index (χ2n) is 14.1. The Hall–Kier alpha value is -5.67. The van der Waals surface area contributed by atoms with E-state index in [-0.39, 0.29) is 17.9 Å². The minimum atomic E-state index is -0.420. The zero-order valence-electron chi connectivity index (χ0n) is 30.5. The van der Waals surface area contributed by atoms with E-state index in [1.54, 1.807) is 29.0 Å². The number of carbonyl (C=O) groups is 3. The molecule has 0 unspecified atom stereocenters. The number of likely N-dealkylation sites (N-methyl/N-ethyl adjacent to an activating group) is 1. The summed E-state index contributed by atoms with van der Waals surface area (Å²) in [7, 11) is 7.80. The van der Waals surface area contributed by atoms with Crippen molar-refractivity contribution < 1.29 is 19.1 Å². The van der Waals surface area contributed by atoms with Crippen LogP contribution in [0.1, 0.15) is 48.7 Å². The molecule has 2 aliphatic heterocycles. The molecule has 0 spiro atoms. The lowest BCUT2D eigenvalue weighted by Gasteiger charge is -2.39. The summed E-state index contributed by atoms with van der Waals surface area (Å²) in [6.45, 7) is 3.96. The maximum atomic E-state index is 15.1. The first-order valence-corrected chi connectivity index (χ1v) is 17.8. The van der Waals surface area contributed by atoms with Crippen LogP contribution >= 0.6 is 0 Å². The Labute approximate surface area is 305 Å². The standard InChI is InChI=1S/C43H45N5O4/c1-29-37(41(49)46(5)34-16-8-6-9-17-34)25-40(45(29)4)38-23-31-20-21-47(43(51)52-36-18-10-7-11-19-36)26-33(31)24-39(38)42(50)48-27-32-15-13-12-14-30(32)22-35(48)28-44(2)3/h6-19,23-25,35H,20-22,26-28H2,1-5H3/t35-/m0/s1. The van der Waals surface area contributed by atoms with Crippen LogP contribution in [0.2, 0.25) is 0 Å². The van der Waals surface area contributed by atoms with Crippen molar-refractivity contribution in [3.63, 3.8) is 0 Å².